The molecule has 0 bridgehead atoms. The number of nitrogens with one attached hydrogen (secondary N) is 1. The summed E-state index contributed by atoms with van der Waals surface area (Å²) in [5.74, 6) is 1.27. The lowest BCUT2D eigenvalue weighted by atomic mass is 10.1. The topological polar surface area (TPSA) is 61.9 Å². The Morgan fingerprint density at radius 3 is 2.85 bits per heavy atom. The van der Waals surface area contributed by atoms with Crippen molar-refractivity contribution >= 4 is 16.9 Å². The molecule has 0 spiro atoms. The summed E-state index contributed by atoms with van der Waals surface area (Å²) in [7, 11) is 0. The number of aromatic nitrogens is 3. The quantitative estimate of drug-likeness (QED) is 0.764. The van der Waals surface area contributed by atoms with E-state index in [9.17, 15) is 4.79 Å². The summed E-state index contributed by atoms with van der Waals surface area (Å²) in [6.07, 6.45) is 3.63. The first-order valence-electron chi connectivity index (χ1n) is 9.26. The van der Waals surface area contributed by atoms with Crippen molar-refractivity contribution in [2.45, 2.75) is 45.6 Å². The maximum atomic E-state index is 13.0. The minimum absolute atomic E-state index is 0.0000172. The number of hydrogen-bond donors (Lipinski definition) is 1. The Kier molecular flexibility index (Phi) is 4.23. The van der Waals surface area contributed by atoms with Gasteiger partial charge < -0.3 is 9.88 Å². The SMILES string of the molecule is Cc1ccc2nc(C3CCCN3C(=O)c3ccc(C(C)C)nc3)[nH]c2c1. The van der Waals surface area contributed by atoms with Crippen LogP contribution in [0, 0.1) is 6.92 Å². The van der Waals surface area contributed by atoms with E-state index >= 15 is 0 Å². The first-order valence-corrected chi connectivity index (χ1v) is 9.26. The van der Waals surface area contributed by atoms with Crippen LogP contribution < -0.4 is 0 Å². The highest BCUT2D eigenvalue weighted by Crippen LogP contribution is 2.32. The largest absolute Gasteiger partial charge is 0.340 e. The molecule has 1 fully saturated rings. The zero-order valence-electron chi connectivity index (χ0n) is 15.5. The van der Waals surface area contributed by atoms with Crippen molar-refractivity contribution in [3.8, 4) is 0 Å². The van der Waals surface area contributed by atoms with Gasteiger partial charge in [0.1, 0.15) is 5.82 Å². The Morgan fingerprint density at radius 1 is 1.27 bits per heavy atom. The Bertz CT molecular complexity index is 942. The molecule has 26 heavy (non-hydrogen) atoms. The van der Waals surface area contributed by atoms with Crippen LogP contribution in [-0.4, -0.2) is 32.3 Å². The van der Waals surface area contributed by atoms with Crippen molar-refractivity contribution < 1.29 is 4.79 Å². The highest BCUT2D eigenvalue weighted by Gasteiger charge is 2.32. The molecule has 1 N–H and O–H groups in total. The number of rotatable bonds is 3. The Balaban J connectivity index is 1.61. The predicted molar refractivity (Wildman–Crippen MR) is 102 cm³/mol. The number of imidazole rings is 1. The van der Waals surface area contributed by atoms with Crippen LogP contribution in [0.25, 0.3) is 11.0 Å². The molecule has 0 aliphatic carbocycles. The van der Waals surface area contributed by atoms with Crippen molar-refractivity contribution in [2.75, 3.05) is 6.54 Å². The van der Waals surface area contributed by atoms with Crippen LogP contribution in [0.2, 0.25) is 0 Å². The second-order valence-electron chi connectivity index (χ2n) is 7.43. The number of carbonyl (C=O) groups excluding carboxylic acids is 1. The summed E-state index contributed by atoms with van der Waals surface area (Å²) in [6.45, 7) is 7.03. The number of H-pyrrole nitrogens is 1. The molecule has 0 radical (unpaired) electrons. The lowest BCUT2D eigenvalue weighted by Gasteiger charge is -2.23. The molecule has 2 aromatic heterocycles. The first kappa shape index (κ1) is 16.8. The number of aryl methyl sites for hydroxylation is 1. The number of aromatic amines is 1. The van der Waals surface area contributed by atoms with Crippen LogP contribution in [0.15, 0.2) is 36.5 Å². The standard InChI is InChI=1S/C21H24N4O/c1-13(2)16-9-7-15(12-22-16)21(26)25-10-4-5-19(25)20-23-17-8-6-14(3)11-18(17)24-20/h6-9,11-13,19H,4-5,10H2,1-3H3,(H,23,24). The van der Waals surface area contributed by atoms with E-state index < -0.39 is 0 Å². The van der Waals surface area contributed by atoms with E-state index in [0.29, 0.717) is 11.5 Å². The zero-order chi connectivity index (χ0) is 18.3. The van der Waals surface area contributed by atoms with Crippen LogP contribution in [0.1, 0.15) is 66.1 Å². The van der Waals surface area contributed by atoms with Gasteiger partial charge in [-0.05, 0) is 55.5 Å². The highest BCUT2D eigenvalue weighted by molar-refractivity contribution is 5.94. The molecule has 0 saturated carbocycles. The third-order valence-electron chi connectivity index (χ3n) is 5.11. The monoisotopic (exact) mass is 348 g/mol. The third kappa shape index (κ3) is 2.98. The first-order chi connectivity index (χ1) is 12.5. The molecule has 1 saturated heterocycles. The molecule has 3 heterocycles. The molecule has 1 aliphatic heterocycles. The van der Waals surface area contributed by atoms with Crippen molar-refractivity contribution in [2.24, 2.45) is 0 Å². The Labute approximate surface area is 153 Å². The van der Waals surface area contributed by atoms with Crippen molar-refractivity contribution in [1.82, 2.24) is 19.9 Å². The molecule has 4 rings (SSSR count). The fraction of sp³-hybridized carbons (Fsp3) is 0.381. The molecule has 1 unspecified atom stereocenters. The highest BCUT2D eigenvalue weighted by atomic mass is 16.2. The maximum Gasteiger partial charge on any atom is 0.256 e. The second-order valence-corrected chi connectivity index (χ2v) is 7.43. The van der Waals surface area contributed by atoms with Gasteiger partial charge in [0.25, 0.3) is 5.91 Å². The van der Waals surface area contributed by atoms with E-state index in [2.05, 4.69) is 42.9 Å². The van der Waals surface area contributed by atoms with Gasteiger partial charge in [-0.2, -0.15) is 0 Å². The van der Waals surface area contributed by atoms with E-state index in [1.54, 1.807) is 6.20 Å². The van der Waals surface area contributed by atoms with Gasteiger partial charge in [0.2, 0.25) is 0 Å². The smallest absolute Gasteiger partial charge is 0.256 e. The van der Waals surface area contributed by atoms with E-state index in [-0.39, 0.29) is 11.9 Å². The maximum absolute atomic E-state index is 13.0. The van der Waals surface area contributed by atoms with Crippen molar-refractivity contribution in [3.63, 3.8) is 0 Å². The summed E-state index contributed by atoms with van der Waals surface area (Å²) >= 11 is 0. The predicted octanol–water partition coefficient (Wildman–Crippen LogP) is 4.37. The van der Waals surface area contributed by atoms with Gasteiger partial charge in [0.15, 0.2) is 0 Å². The van der Waals surface area contributed by atoms with Crippen molar-refractivity contribution in [3.05, 3.63) is 59.2 Å². The Morgan fingerprint density at radius 2 is 2.12 bits per heavy atom. The van der Waals surface area contributed by atoms with Crippen LogP contribution >= 0.6 is 0 Å². The average Bonchev–Trinajstić information content (AvgIpc) is 3.27. The van der Waals surface area contributed by atoms with E-state index in [0.717, 1.165) is 41.9 Å². The number of benzene rings is 1. The van der Waals surface area contributed by atoms with Crippen LogP contribution in [0.5, 0.6) is 0 Å². The minimum atomic E-state index is -0.0000172. The summed E-state index contributed by atoms with van der Waals surface area (Å²) in [5.41, 5.74) is 4.83. The number of fused-ring (bicyclic) bond motifs is 1. The van der Waals surface area contributed by atoms with E-state index in [4.69, 9.17) is 4.98 Å². The molecule has 134 valence electrons. The minimum Gasteiger partial charge on any atom is -0.340 e. The summed E-state index contributed by atoms with van der Waals surface area (Å²) in [5, 5.41) is 0. The summed E-state index contributed by atoms with van der Waals surface area (Å²) in [4.78, 5) is 27.5. The van der Waals surface area contributed by atoms with E-state index in [1.165, 1.54) is 5.56 Å². The van der Waals surface area contributed by atoms with Gasteiger partial charge >= 0.3 is 0 Å². The molecule has 1 amide bonds. The molecular formula is C21H24N4O. The lowest BCUT2D eigenvalue weighted by molar-refractivity contribution is 0.0730. The van der Waals surface area contributed by atoms with Crippen LogP contribution in [-0.2, 0) is 0 Å². The fourth-order valence-electron chi connectivity index (χ4n) is 3.63. The van der Waals surface area contributed by atoms with Crippen molar-refractivity contribution in [1.29, 1.82) is 0 Å². The molecule has 3 aromatic rings. The van der Waals surface area contributed by atoms with Gasteiger partial charge in [0.05, 0.1) is 22.6 Å². The number of amides is 1. The Hall–Kier alpha value is -2.69. The third-order valence-corrected chi connectivity index (χ3v) is 5.11. The second kappa shape index (κ2) is 6.56. The molecule has 1 atom stereocenters. The van der Waals surface area contributed by atoms with E-state index in [1.807, 2.05) is 23.1 Å². The zero-order valence-corrected chi connectivity index (χ0v) is 15.5. The number of nitrogens with zero attached hydrogens (tertiary/aromatic N) is 3. The number of pyridine rings is 1. The van der Waals surface area contributed by atoms with Gasteiger partial charge in [-0.1, -0.05) is 19.9 Å². The normalized spacial score (nSPS) is 17.4. The lowest BCUT2D eigenvalue weighted by Crippen LogP contribution is -2.31. The molecular weight excluding hydrogens is 324 g/mol. The van der Waals surface area contributed by atoms with Gasteiger partial charge in [-0.3, -0.25) is 9.78 Å². The molecule has 1 aromatic carbocycles. The summed E-state index contributed by atoms with van der Waals surface area (Å²) in [6, 6.07) is 10.0. The molecule has 5 nitrogen and oxygen atoms in total. The van der Waals surface area contributed by atoms with Gasteiger partial charge in [-0.15, -0.1) is 0 Å². The summed E-state index contributed by atoms with van der Waals surface area (Å²) < 4.78 is 0. The number of hydrogen-bond acceptors (Lipinski definition) is 3. The number of likely N-dealkylation sites (tertiary alicyclic amines) is 1. The average molecular weight is 348 g/mol. The van der Waals surface area contributed by atoms with Gasteiger partial charge in [-0.25, -0.2) is 4.98 Å². The van der Waals surface area contributed by atoms with Gasteiger partial charge in [0, 0.05) is 18.4 Å². The van der Waals surface area contributed by atoms with Crippen LogP contribution in [0.4, 0.5) is 0 Å². The molecule has 1 aliphatic rings. The number of carbonyl (C=O) groups is 1. The fourth-order valence-corrected chi connectivity index (χ4v) is 3.63. The van der Waals surface area contributed by atoms with Crippen LogP contribution in [0.3, 0.4) is 0 Å². The molecule has 5 heteroatoms.